The molecule has 0 radical (unpaired) electrons. The number of anilines is 1. The number of amides is 1. The Morgan fingerprint density at radius 1 is 1.53 bits per heavy atom. The molecule has 0 aliphatic carbocycles. The maximum atomic E-state index is 12.0. The standard InChI is InChI=1S/C14H17NO3S/c1-9-11(14(17)18-2)4-3-5-12(9)15-7-10(8-19)6-13(15)16/h3-5,10,19H,6-8H2,1-2H3. The summed E-state index contributed by atoms with van der Waals surface area (Å²) in [7, 11) is 1.35. The summed E-state index contributed by atoms with van der Waals surface area (Å²) in [4.78, 5) is 25.4. The lowest BCUT2D eigenvalue weighted by atomic mass is 10.1. The van der Waals surface area contributed by atoms with E-state index in [4.69, 9.17) is 4.74 Å². The normalized spacial score (nSPS) is 18.8. The zero-order chi connectivity index (χ0) is 14.0. The van der Waals surface area contributed by atoms with Crippen molar-refractivity contribution in [1.29, 1.82) is 0 Å². The molecule has 1 aliphatic rings. The summed E-state index contributed by atoms with van der Waals surface area (Å²) >= 11 is 4.25. The third-order valence-electron chi connectivity index (χ3n) is 3.46. The van der Waals surface area contributed by atoms with Crippen molar-refractivity contribution in [2.75, 3.05) is 24.3 Å². The lowest BCUT2D eigenvalue weighted by Crippen LogP contribution is -2.26. The van der Waals surface area contributed by atoms with Crippen LogP contribution in [-0.2, 0) is 9.53 Å². The number of carbonyl (C=O) groups is 2. The fraction of sp³-hybridized carbons (Fsp3) is 0.429. The Labute approximate surface area is 118 Å². The summed E-state index contributed by atoms with van der Waals surface area (Å²) < 4.78 is 4.75. The average molecular weight is 279 g/mol. The topological polar surface area (TPSA) is 46.6 Å². The second-order valence-electron chi connectivity index (χ2n) is 4.70. The fourth-order valence-corrected chi connectivity index (χ4v) is 2.63. The Hall–Kier alpha value is -1.49. The molecule has 1 unspecified atom stereocenters. The summed E-state index contributed by atoms with van der Waals surface area (Å²) in [5.41, 5.74) is 2.07. The molecular weight excluding hydrogens is 262 g/mol. The number of esters is 1. The van der Waals surface area contributed by atoms with Gasteiger partial charge in [-0.3, -0.25) is 4.79 Å². The van der Waals surface area contributed by atoms with Crippen molar-refractivity contribution >= 4 is 30.2 Å². The van der Waals surface area contributed by atoms with Gasteiger partial charge in [-0.05, 0) is 36.3 Å². The number of benzene rings is 1. The first-order valence-corrected chi connectivity index (χ1v) is 6.81. The van der Waals surface area contributed by atoms with Crippen LogP contribution >= 0.6 is 12.6 Å². The summed E-state index contributed by atoms with van der Waals surface area (Å²) in [5.74, 6) is 0.677. The van der Waals surface area contributed by atoms with Crippen LogP contribution in [0.3, 0.4) is 0 Å². The Morgan fingerprint density at radius 2 is 2.26 bits per heavy atom. The van der Waals surface area contributed by atoms with Gasteiger partial charge in [0.15, 0.2) is 0 Å². The summed E-state index contributed by atoms with van der Waals surface area (Å²) in [5, 5.41) is 0. The number of hydrogen-bond donors (Lipinski definition) is 1. The molecule has 1 amide bonds. The van der Waals surface area contributed by atoms with Crippen LogP contribution in [-0.4, -0.2) is 31.3 Å². The second kappa shape index (κ2) is 5.65. The fourth-order valence-electron chi connectivity index (χ4n) is 2.38. The van der Waals surface area contributed by atoms with E-state index in [9.17, 15) is 9.59 Å². The van der Waals surface area contributed by atoms with Crippen molar-refractivity contribution < 1.29 is 14.3 Å². The maximum absolute atomic E-state index is 12.0. The van der Waals surface area contributed by atoms with E-state index in [1.54, 1.807) is 17.0 Å². The van der Waals surface area contributed by atoms with Crippen LogP contribution in [0.25, 0.3) is 0 Å². The molecular formula is C14H17NO3S. The number of carbonyl (C=O) groups excluding carboxylic acids is 2. The van der Waals surface area contributed by atoms with Crippen LogP contribution in [0, 0.1) is 12.8 Å². The molecule has 1 atom stereocenters. The number of nitrogens with zero attached hydrogens (tertiary/aromatic N) is 1. The van der Waals surface area contributed by atoms with E-state index >= 15 is 0 Å². The predicted octanol–water partition coefficient (Wildman–Crippen LogP) is 2.06. The van der Waals surface area contributed by atoms with Gasteiger partial charge in [0.25, 0.3) is 0 Å². The molecule has 4 nitrogen and oxygen atoms in total. The predicted molar refractivity (Wildman–Crippen MR) is 76.8 cm³/mol. The lowest BCUT2D eigenvalue weighted by molar-refractivity contribution is -0.117. The SMILES string of the molecule is COC(=O)c1cccc(N2CC(CS)CC2=O)c1C. The van der Waals surface area contributed by atoms with Crippen LogP contribution in [0.1, 0.15) is 22.3 Å². The molecule has 1 heterocycles. The number of thiol groups is 1. The Bertz CT molecular complexity index is 515. The van der Waals surface area contributed by atoms with E-state index < -0.39 is 0 Å². The zero-order valence-electron chi connectivity index (χ0n) is 11.0. The van der Waals surface area contributed by atoms with Crippen molar-refractivity contribution in [3.05, 3.63) is 29.3 Å². The van der Waals surface area contributed by atoms with Gasteiger partial charge in [-0.15, -0.1) is 0 Å². The molecule has 1 aliphatic heterocycles. The van der Waals surface area contributed by atoms with Gasteiger partial charge in [-0.1, -0.05) is 6.07 Å². The Morgan fingerprint density at radius 3 is 2.84 bits per heavy atom. The molecule has 0 aromatic heterocycles. The molecule has 0 spiro atoms. The molecule has 1 saturated heterocycles. The van der Waals surface area contributed by atoms with Crippen molar-refractivity contribution in [2.24, 2.45) is 5.92 Å². The zero-order valence-corrected chi connectivity index (χ0v) is 11.9. The van der Waals surface area contributed by atoms with E-state index in [1.807, 2.05) is 13.0 Å². The average Bonchev–Trinajstić information content (AvgIpc) is 2.79. The highest BCUT2D eigenvalue weighted by Crippen LogP contribution is 2.30. The second-order valence-corrected chi connectivity index (χ2v) is 5.06. The van der Waals surface area contributed by atoms with Crippen LogP contribution in [0.4, 0.5) is 5.69 Å². The minimum atomic E-state index is -0.378. The minimum absolute atomic E-state index is 0.0872. The smallest absolute Gasteiger partial charge is 0.338 e. The van der Waals surface area contributed by atoms with Crippen molar-refractivity contribution in [3.8, 4) is 0 Å². The van der Waals surface area contributed by atoms with Crippen LogP contribution in [0.15, 0.2) is 18.2 Å². The Kier molecular flexibility index (Phi) is 4.14. The van der Waals surface area contributed by atoms with Gasteiger partial charge in [-0.2, -0.15) is 12.6 Å². The van der Waals surface area contributed by atoms with E-state index in [1.165, 1.54) is 7.11 Å². The highest BCUT2D eigenvalue weighted by atomic mass is 32.1. The van der Waals surface area contributed by atoms with E-state index in [2.05, 4.69) is 12.6 Å². The lowest BCUT2D eigenvalue weighted by Gasteiger charge is -2.20. The van der Waals surface area contributed by atoms with Gasteiger partial charge in [0.2, 0.25) is 5.91 Å². The molecule has 102 valence electrons. The number of methoxy groups -OCH3 is 1. The van der Waals surface area contributed by atoms with E-state index in [0.717, 1.165) is 11.3 Å². The largest absolute Gasteiger partial charge is 0.465 e. The summed E-state index contributed by atoms with van der Waals surface area (Å²) in [6.07, 6.45) is 0.519. The van der Waals surface area contributed by atoms with Crippen LogP contribution in [0.5, 0.6) is 0 Å². The molecule has 2 rings (SSSR count). The molecule has 1 aromatic carbocycles. The van der Waals surface area contributed by atoms with Crippen molar-refractivity contribution in [1.82, 2.24) is 0 Å². The van der Waals surface area contributed by atoms with Gasteiger partial charge < -0.3 is 9.64 Å². The summed E-state index contributed by atoms with van der Waals surface area (Å²) in [6, 6.07) is 5.35. The van der Waals surface area contributed by atoms with Crippen molar-refractivity contribution in [3.63, 3.8) is 0 Å². The number of ether oxygens (including phenoxy) is 1. The first-order chi connectivity index (χ1) is 9.08. The molecule has 5 heteroatoms. The molecule has 0 bridgehead atoms. The van der Waals surface area contributed by atoms with E-state index in [0.29, 0.717) is 24.3 Å². The molecule has 19 heavy (non-hydrogen) atoms. The molecule has 1 aromatic rings. The van der Waals surface area contributed by atoms with Crippen LogP contribution < -0.4 is 4.90 Å². The van der Waals surface area contributed by atoms with Gasteiger partial charge in [0.1, 0.15) is 0 Å². The molecule has 0 saturated carbocycles. The van der Waals surface area contributed by atoms with E-state index in [-0.39, 0.29) is 17.8 Å². The monoisotopic (exact) mass is 279 g/mol. The summed E-state index contributed by atoms with van der Waals surface area (Å²) in [6.45, 7) is 2.50. The molecule has 1 fully saturated rings. The molecule has 0 N–H and O–H groups in total. The third-order valence-corrected chi connectivity index (χ3v) is 3.98. The number of hydrogen-bond acceptors (Lipinski definition) is 4. The minimum Gasteiger partial charge on any atom is -0.465 e. The first kappa shape index (κ1) is 13.9. The van der Waals surface area contributed by atoms with Gasteiger partial charge >= 0.3 is 5.97 Å². The van der Waals surface area contributed by atoms with Gasteiger partial charge in [0, 0.05) is 18.7 Å². The quantitative estimate of drug-likeness (QED) is 0.680. The maximum Gasteiger partial charge on any atom is 0.338 e. The first-order valence-electron chi connectivity index (χ1n) is 6.17. The highest BCUT2D eigenvalue weighted by Gasteiger charge is 2.31. The van der Waals surface area contributed by atoms with Gasteiger partial charge in [0.05, 0.1) is 12.7 Å². The van der Waals surface area contributed by atoms with Gasteiger partial charge in [-0.25, -0.2) is 4.79 Å². The highest BCUT2D eigenvalue weighted by molar-refractivity contribution is 7.80. The third kappa shape index (κ3) is 2.61. The number of rotatable bonds is 3. The Balaban J connectivity index is 2.36. The van der Waals surface area contributed by atoms with Crippen LogP contribution in [0.2, 0.25) is 0 Å². The van der Waals surface area contributed by atoms with Crippen molar-refractivity contribution in [2.45, 2.75) is 13.3 Å².